The minimum atomic E-state index is -0.144. The van der Waals surface area contributed by atoms with Crippen LogP contribution in [0.4, 0.5) is 4.39 Å². The molecule has 114 valence electrons. The second kappa shape index (κ2) is 9.93. The molecule has 0 aliphatic carbocycles. The van der Waals surface area contributed by atoms with Crippen molar-refractivity contribution in [2.24, 2.45) is 11.8 Å². The van der Waals surface area contributed by atoms with Crippen molar-refractivity contribution in [2.45, 2.75) is 52.9 Å². The normalized spacial score (nSPS) is 12.8. The third kappa shape index (κ3) is 7.64. The second-order valence-electron chi connectivity index (χ2n) is 6.23. The molecule has 1 aromatic rings. The van der Waals surface area contributed by atoms with Gasteiger partial charge in [-0.1, -0.05) is 45.7 Å². The van der Waals surface area contributed by atoms with Crippen LogP contribution in [0.2, 0.25) is 0 Å². The van der Waals surface area contributed by atoms with Crippen molar-refractivity contribution in [2.75, 3.05) is 13.1 Å². The van der Waals surface area contributed by atoms with Crippen LogP contribution in [0.15, 0.2) is 24.3 Å². The fourth-order valence-electron chi connectivity index (χ4n) is 2.53. The van der Waals surface area contributed by atoms with Gasteiger partial charge in [0.2, 0.25) is 0 Å². The molecule has 1 rings (SSSR count). The van der Waals surface area contributed by atoms with E-state index in [1.807, 2.05) is 12.1 Å². The van der Waals surface area contributed by atoms with Crippen LogP contribution in [0.1, 0.15) is 52.0 Å². The summed E-state index contributed by atoms with van der Waals surface area (Å²) in [6.07, 6.45) is 6.07. The van der Waals surface area contributed by atoms with E-state index >= 15 is 0 Å². The molecular formula is C18H30FN. The number of nitrogens with one attached hydrogen (secondary N) is 1. The van der Waals surface area contributed by atoms with Gasteiger partial charge in [-0.15, -0.1) is 0 Å². The van der Waals surface area contributed by atoms with Crippen LogP contribution in [-0.2, 0) is 6.42 Å². The Morgan fingerprint density at radius 2 is 1.80 bits per heavy atom. The third-order valence-corrected chi connectivity index (χ3v) is 3.69. The first-order valence-electron chi connectivity index (χ1n) is 8.07. The molecule has 0 aliphatic rings. The number of halogens is 1. The van der Waals surface area contributed by atoms with Gasteiger partial charge in [-0.05, 0) is 61.9 Å². The molecular weight excluding hydrogens is 249 g/mol. The van der Waals surface area contributed by atoms with Gasteiger partial charge in [0.1, 0.15) is 5.82 Å². The minimum Gasteiger partial charge on any atom is -0.316 e. The molecule has 0 bridgehead atoms. The largest absolute Gasteiger partial charge is 0.316 e. The summed E-state index contributed by atoms with van der Waals surface area (Å²) in [6.45, 7) is 8.92. The maximum Gasteiger partial charge on any atom is 0.123 e. The van der Waals surface area contributed by atoms with E-state index < -0.39 is 0 Å². The SMILES string of the molecule is CCCNCC(CCCC(C)C)Cc1ccc(F)cc1. The second-order valence-corrected chi connectivity index (χ2v) is 6.23. The number of hydrogen-bond acceptors (Lipinski definition) is 1. The van der Waals surface area contributed by atoms with Gasteiger partial charge >= 0.3 is 0 Å². The highest BCUT2D eigenvalue weighted by molar-refractivity contribution is 5.16. The van der Waals surface area contributed by atoms with Gasteiger partial charge in [0.05, 0.1) is 0 Å². The van der Waals surface area contributed by atoms with Crippen LogP contribution >= 0.6 is 0 Å². The molecule has 1 atom stereocenters. The van der Waals surface area contributed by atoms with Gasteiger partial charge in [0.15, 0.2) is 0 Å². The fourth-order valence-corrected chi connectivity index (χ4v) is 2.53. The molecule has 0 fully saturated rings. The van der Waals surface area contributed by atoms with Crippen LogP contribution in [0.25, 0.3) is 0 Å². The zero-order chi connectivity index (χ0) is 14.8. The van der Waals surface area contributed by atoms with Crippen LogP contribution in [0.3, 0.4) is 0 Å². The Hall–Kier alpha value is -0.890. The number of hydrogen-bond donors (Lipinski definition) is 1. The van der Waals surface area contributed by atoms with Crippen LogP contribution in [0.5, 0.6) is 0 Å². The monoisotopic (exact) mass is 279 g/mol. The van der Waals surface area contributed by atoms with E-state index in [1.54, 1.807) is 12.1 Å². The van der Waals surface area contributed by atoms with Gasteiger partial charge in [-0.3, -0.25) is 0 Å². The lowest BCUT2D eigenvalue weighted by Crippen LogP contribution is -2.25. The first-order chi connectivity index (χ1) is 9.61. The Morgan fingerprint density at radius 1 is 1.10 bits per heavy atom. The lowest BCUT2D eigenvalue weighted by Gasteiger charge is -2.18. The molecule has 0 radical (unpaired) electrons. The molecule has 0 saturated carbocycles. The minimum absolute atomic E-state index is 0.144. The topological polar surface area (TPSA) is 12.0 Å². The highest BCUT2D eigenvalue weighted by atomic mass is 19.1. The summed E-state index contributed by atoms with van der Waals surface area (Å²) in [5, 5.41) is 3.53. The smallest absolute Gasteiger partial charge is 0.123 e. The van der Waals surface area contributed by atoms with E-state index in [0.29, 0.717) is 5.92 Å². The van der Waals surface area contributed by atoms with Gasteiger partial charge in [0.25, 0.3) is 0 Å². The Bertz CT molecular complexity index is 345. The number of benzene rings is 1. The molecule has 1 aromatic carbocycles. The van der Waals surface area contributed by atoms with Crippen molar-refractivity contribution >= 4 is 0 Å². The average Bonchev–Trinajstić information content (AvgIpc) is 2.41. The summed E-state index contributed by atoms with van der Waals surface area (Å²) >= 11 is 0. The standard InChI is InChI=1S/C18H30FN/c1-4-12-20-14-17(7-5-6-15(2)3)13-16-8-10-18(19)11-9-16/h8-11,15,17,20H,4-7,12-14H2,1-3H3. The van der Waals surface area contributed by atoms with Crippen LogP contribution < -0.4 is 5.32 Å². The lowest BCUT2D eigenvalue weighted by molar-refractivity contribution is 0.407. The highest BCUT2D eigenvalue weighted by Crippen LogP contribution is 2.17. The van der Waals surface area contributed by atoms with Gasteiger partial charge in [-0.25, -0.2) is 4.39 Å². The maximum atomic E-state index is 13.0. The molecule has 0 aliphatic heterocycles. The maximum absolute atomic E-state index is 13.0. The van der Waals surface area contributed by atoms with Gasteiger partial charge in [0, 0.05) is 0 Å². The van der Waals surface area contributed by atoms with E-state index in [9.17, 15) is 4.39 Å². The van der Waals surface area contributed by atoms with E-state index in [1.165, 1.54) is 31.2 Å². The van der Waals surface area contributed by atoms with Crippen molar-refractivity contribution in [1.82, 2.24) is 5.32 Å². The Kier molecular flexibility index (Phi) is 8.52. The molecule has 1 unspecified atom stereocenters. The first-order valence-corrected chi connectivity index (χ1v) is 8.07. The Balaban J connectivity index is 2.45. The third-order valence-electron chi connectivity index (χ3n) is 3.69. The van der Waals surface area contributed by atoms with Crippen molar-refractivity contribution in [1.29, 1.82) is 0 Å². The molecule has 2 heteroatoms. The summed E-state index contributed by atoms with van der Waals surface area (Å²) in [5.41, 5.74) is 1.25. The summed E-state index contributed by atoms with van der Waals surface area (Å²) < 4.78 is 13.0. The van der Waals surface area contributed by atoms with Gasteiger partial charge < -0.3 is 5.32 Å². The Morgan fingerprint density at radius 3 is 2.40 bits per heavy atom. The zero-order valence-corrected chi connectivity index (χ0v) is 13.3. The molecule has 1 N–H and O–H groups in total. The van der Waals surface area contributed by atoms with Crippen LogP contribution in [-0.4, -0.2) is 13.1 Å². The summed E-state index contributed by atoms with van der Waals surface area (Å²) in [5.74, 6) is 1.30. The van der Waals surface area contributed by atoms with Crippen molar-refractivity contribution < 1.29 is 4.39 Å². The quantitative estimate of drug-likeness (QED) is 0.606. The predicted molar refractivity (Wildman–Crippen MR) is 85.4 cm³/mol. The van der Waals surface area contributed by atoms with E-state index in [-0.39, 0.29) is 5.82 Å². The molecule has 0 spiro atoms. The molecule has 0 amide bonds. The molecule has 0 heterocycles. The summed E-state index contributed by atoms with van der Waals surface area (Å²) in [4.78, 5) is 0. The fraction of sp³-hybridized carbons (Fsp3) is 0.667. The van der Waals surface area contributed by atoms with Crippen molar-refractivity contribution in [3.8, 4) is 0 Å². The van der Waals surface area contributed by atoms with Gasteiger partial charge in [-0.2, -0.15) is 0 Å². The van der Waals surface area contributed by atoms with Crippen molar-refractivity contribution in [3.63, 3.8) is 0 Å². The zero-order valence-electron chi connectivity index (χ0n) is 13.3. The molecule has 0 saturated heterocycles. The predicted octanol–water partition coefficient (Wildman–Crippen LogP) is 4.81. The average molecular weight is 279 g/mol. The first kappa shape index (κ1) is 17.2. The summed E-state index contributed by atoms with van der Waals surface area (Å²) in [6, 6.07) is 6.98. The lowest BCUT2D eigenvalue weighted by atomic mass is 9.92. The molecule has 1 nitrogen and oxygen atoms in total. The molecule has 0 aromatic heterocycles. The van der Waals surface area contributed by atoms with Crippen molar-refractivity contribution in [3.05, 3.63) is 35.6 Å². The van der Waals surface area contributed by atoms with E-state index in [4.69, 9.17) is 0 Å². The highest BCUT2D eigenvalue weighted by Gasteiger charge is 2.10. The van der Waals surface area contributed by atoms with E-state index in [2.05, 4.69) is 26.1 Å². The van der Waals surface area contributed by atoms with E-state index in [0.717, 1.165) is 25.4 Å². The van der Waals surface area contributed by atoms with Crippen LogP contribution in [0, 0.1) is 17.7 Å². The Labute approximate surface area is 124 Å². The summed E-state index contributed by atoms with van der Waals surface area (Å²) in [7, 11) is 0. The number of rotatable bonds is 10. The molecule has 20 heavy (non-hydrogen) atoms.